The van der Waals surface area contributed by atoms with Crippen LogP contribution in [0.2, 0.25) is 5.02 Å². The van der Waals surface area contributed by atoms with Gasteiger partial charge in [0.2, 0.25) is 5.88 Å². The maximum Gasteiger partial charge on any atom is 0.251 e. The Kier molecular flexibility index (Phi) is 5.08. The molecule has 0 unspecified atom stereocenters. The number of benzene rings is 2. The number of nitrogens with one attached hydrogen (secondary N) is 1. The lowest BCUT2D eigenvalue weighted by Gasteiger charge is -2.08. The van der Waals surface area contributed by atoms with Crippen molar-refractivity contribution in [3.63, 3.8) is 0 Å². The Morgan fingerprint density at radius 1 is 1.04 bits per heavy atom. The van der Waals surface area contributed by atoms with Crippen LogP contribution < -0.4 is 10.1 Å². The third-order valence-corrected chi connectivity index (χ3v) is 3.53. The van der Waals surface area contributed by atoms with E-state index in [0.717, 1.165) is 5.56 Å². The summed E-state index contributed by atoms with van der Waals surface area (Å²) in [6.45, 7) is 0.394. The van der Waals surface area contributed by atoms with Gasteiger partial charge in [-0.05, 0) is 42.0 Å². The van der Waals surface area contributed by atoms with Gasteiger partial charge in [0.05, 0.1) is 0 Å². The number of hydrogen-bond donors (Lipinski definition) is 1. The molecule has 0 atom stereocenters. The molecule has 24 heavy (non-hydrogen) atoms. The fraction of sp³-hybridized carbons (Fsp3) is 0.0526. The van der Waals surface area contributed by atoms with Crippen molar-refractivity contribution in [3.8, 4) is 11.6 Å². The first kappa shape index (κ1) is 16.0. The monoisotopic (exact) mass is 338 g/mol. The lowest BCUT2D eigenvalue weighted by molar-refractivity contribution is 0.0951. The van der Waals surface area contributed by atoms with E-state index in [-0.39, 0.29) is 5.91 Å². The summed E-state index contributed by atoms with van der Waals surface area (Å²) in [7, 11) is 0. The zero-order chi connectivity index (χ0) is 16.8. The first-order chi connectivity index (χ1) is 11.7. The second kappa shape index (κ2) is 7.62. The SMILES string of the molecule is O=C(NCc1cccc(Oc2ccccn2)c1)c1cccc(Cl)c1. The zero-order valence-electron chi connectivity index (χ0n) is 12.8. The summed E-state index contributed by atoms with van der Waals surface area (Å²) < 4.78 is 5.68. The van der Waals surface area contributed by atoms with Crippen LogP contribution in [0.5, 0.6) is 11.6 Å². The van der Waals surface area contributed by atoms with Crippen LogP contribution in [0.3, 0.4) is 0 Å². The summed E-state index contributed by atoms with van der Waals surface area (Å²) in [5.41, 5.74) is 1.46. The number of hydrogen-bond acceptors (Lipinski definition) is 3. The van der Waals surface area contributed by atoms with Crippen molar-refractivity contribution in [2.24, 2.45) is 0 Å². The Labute approximate surface area is 145 Å². The van der Waals surface area contributed by atoms with Gasteiger partial charge < -0.3 is 10.1 Å². The Bertz CT molecular complexity index is 838. The van der Waals surface area contributed by atoms with Crippen molar-refractivity contribution in [3.05, 3.63) is 89.1 Å². The van der Waals surface area contributed by atoms with Crippen LogP contribution in [0.25, 0.3) is 0 Å². The maximum absolute atomic E-state index is 12.1. The molecule has 0 aliphatic rings. The van der Waals surface area contributed by atoms with Crippen LogP contribution in [-0.2, 0) is 6.54 Å². The van der Waals surface area contributed by atoms with Crippen LogP contribution in [0.4, 0.5) is 0 Å². The van der Waals surface area contributed by atoms with Crippen molar-refractivity contribution in [1.82, 2.24) is 10.3 Å². The standard InChI is InChI=1S/C19H15ClN2O2/c20-16-7-4-6-15(12-16)19(23)22-13-14-5-3-8-17(11-14)24-18-9-1-2-10-21-18/h1-12H,13H2,(H,22,23). The van der Waals surface area contributed by atoms with Crippen molar-refractivity contribution in [2.75, 3.05) is 0 Å². The Balaban J connectivity index is 1.63. The summed E-state index contributed by atoms with van der Waals surface area (Å²) in [5, 5.41) is 3.40. The molecule has 1 aromatic heterocycles. The largest absolute Gasteiger partial charge is 0.439 e. The van der Waals surface area contributed by atoms with Gasteiger partial charge in [-0.2, -0.15) is 0 Å². The molecular formula is C19H15ClN2O2. The number of pyridine rings is 1. The van der Waals surface area contributed by atoms with Crippen molar-refractivity contribution in [1.29, 1.82) is 0 Å². The van der Waals surface area contributed by atoms with E-state index in [9.17, 15) is 4.79 Å². The number of nitrogens with zero attached hydrogens (tertiary/aromatic N) is 1. The Morgan fingerprint density at radius 2 is 1.92 bits per heavy atom. The minimum Gasteiger partial charge on any atom is -0.439 e. The highest BCUT2D eigenvalue weighted by Crippen LogP contribution is 2.20. The predicted octanol–water partition coefficient (Wildman–Crippen LogP) is 4.46. The van der Waals surface area contributed by atoms with Crippen LogP contribution >= 0.6 is 11.6 Å². The third-order valence-electron chi connectivity index (χ3n) is 3.30. The highest BCUT2D eigenvalue weighted by Gasteiger charge is 2.06. The highest BCUT2D eigenvalue weighted by molar-refractivity contribution is 6.30. The highest BCUT2D eigenvalue weighted by atomic mass is 35.5. The maximum atomic E-state index is 12.1. The molecule has 0 saturated heterocycles. The summed E-state index contributed by atoms with van der Waals surface area (Å²) in [6, 6.07) is 19.8. The molecule has 1 heterocycles. The van der Waals surface area contributed by atoms with E-state index in [4.69, 9.17) is 16.3 Å². The predicted molar refractivity (Wildman–Crippen MR) is 93.4 cm³/mol. The van der Waals surface area contributed by atoms with E-state index in [1.165, 1.54) is 0 Å². The average molecular weight is 339 g/mol. The Hall–Kier alpha value is -2.85. The minimum atomic E-state index is -0.173. The molecule has 1 N–H and O–H groups in total. The summed E-state index contributed by atoms with van der Waals surface area (Å²) in [4.78, 5) is 16.3. The van der Waals surface area contributed by atoms with E-state index >= 15 is 0 Å². The number of halogens is 1. The van der Waals surface area contributed by atoms with E-state index in [1.807, 2.05) is 36.4 Å². The van der Waals surface area contributed by atoms with Gasteiger partial charge in [0, 0.05) is 29.4 Å². The topological polar surface area (TPSA) is 51.2 Å². The first-order valence-electron chi connectivity index (χ1n) is 7.42. The van der Waals surface area contributed by atoms with Gasteiger partial charge in [-0.25, -0.2) is 4.98 Å². The van der Waals surface area contributed by atoms with E-state index in [2.05, 4.69) is 10.3 Å². The number of carbonyl (C=O) groups is 1. The third kappa shape index (κ3) is 4.33. The fourth-order valence-corrected chi connectivity index (χ4v) is 2.35. The van der Waals surface area contributed by atoms with Gasteiger partial charge in [-0.1, -0.05) is 35.9 Å². The fourth-order valence-electron chi connectivity index (χ4n) is 2.16. The number of amides is 1. The molecule has 2 aromatic carbocycles. The molecule has 0 saturated carbocycles. The van der Waals surface area contributed by atoms with Gasteiger partial charge in [0.25, 0.3) is 5.91 Å². The van der Waals surface area contributed by atoms with E-state index in [0.29, 0.717) is 28.8 Å². The average Bonchev–Trinajstić information content (AvgIpc) is 2.61. The van der Waals surface area contributed by atoms with Gasteiger partial charge in [0.15, 0.2) is 0 Å². The summed E-state index contributed by atoms with van der Waals surface area (Å²) in [6.07, 6.45) is 1.67. The van der Waals surface area contributed by atoms with Crippen LogP contribution in [-0.4, -0.2) is 10.9 Å². The van der Waals surface area contributed by atoms with Crippen molar-refractivity contribution < 1.29 is 9.53 Å². The van der Waals surface area contributed by atoms with Crippen LogP contribution in [0.15, 0.2) is 72.9 Å². The molecule has 4 nitrogen and oxygen atoms in total. The molecule has 0 aliphatic heterocycles. The Morgan fingerprint density at radius 3 is 2.71 bits per heavy atom. The number of ether oxygens (including phenoxy) is 1. The zero-order valence-corrected chi connectivity index (χ0v) is 13.5. The number of rotatable bonds is 5. The van der Waals surface area contributed by atoms with E-state index in [1.54, 1.807) is 36.5 Å². The minimum absolute atomic E-state index is 0.173. The smallest absolute Gasteiger partial charge is 0.251 e. The lowest BCUT2D eigenvalue weighted by Crippen LogP contribution is -2.22. The molecule has 5 heteroatoms. The second-order valence-corrected chi connectivity index (χ2v) is 5.55. The van der Waals surface area contributed by atoms with Crippen molar-refractivity contribution >= 4 is 17.5 Å². The molecule has 0 aliphatic carbocycles. The molecule has 0 spiro atoms. The molecule has 3 rings (SSSR count). The van der Waals surface area contributed by atoms with Crippen molar-refractivity contribution in [2.45, 2.75) is 6.54 Å². The van der Waals surface area contributed by atoms with E-state index < -0.39 is 0 Å². The van der Waals surface area contributed by atoms with Gasteiger partial charge in [0.1, 0.15) is 5.75 Å². The van der Waals surface area contributed by atoms with Crippen LogP contribution in [0, 0.1) is 0 Å². The molecule has 0 radical (unpaired) electrons. The lowest BCUT2D eigenvalue weighted by atomic mass is 10.2. The number of carbonyl (C=O) groups excluding carboxylic acids is 1. The molecular weight excluding hydrogens is 324 g/mol. The van der Waals surface area contributed by atoms with Gasteiger partial charge in [-0.15, -0.1) is 0 Å². The van der Waals surface area contributed by atoms with Gasteiger partial charge >= 0.3 is 0 Å². The molecule has 0 bridgehead atoms. The summed E-state index contributed by atoms with van der Waals surface area (Å²) >= 11 is 5.90. The molecule has 1 amide bonds. The second-order valence-electron chi connectivity index (χ2n) is 5.11. The first-order valence-corrected chi connectivity index (χ1v) is 7.80. The molecule has 3 aromatic rings. The van der Waals surface area contributed by atoms with Crippen LogP contribution in [0.1, 0.15) is 15.9 Å². The van der Waals surface area contributed by atoms with Gasteiger partial charge in [-0.3, -0.25) is 4.79 Å². The summed E-state index contributed by atoms with van der Waals surface area (Å²) in [5.74, 6) is 1.02. The quantitative estimate of drug-likeness (QED) is 0.747. The normalized spacial score (nSPS) is 10.2. The number of aromatic nitrogens is 1. The molecule has 120 valence electrons. The molecule has 0 fully saturated rings.